The van der Waals surface area contributed by atoms with Crippen LogP contribution in [0.4, 0.5) is 0 Å². The van der Waals surface area contributed by atoms with Gasteiger partial charge in [0.25, 0.3) is 0 Å². The molecule has 0 aliphatic rings. The molecule has 0 N–H and O–H groups in total. The van der Waals surface area contributed by atoms with E-state index >= 15 is 0 Å². The van der Waals surface area contributed by atoms with Crippen LogP contribution in [0.1, 0.15) is 0 Å². The van der Waals surface area contributed by atoms with E-state index in [9.17, 15) is 0 Å². The van der Waals surface area contributed by atoms with Gasteiger partial charge >= 0.3 is 0 Å². The zero-order chi connectivity index (χ0) is 12.7. The highest BCUT2D eigenvalue weighted by atomic mass is 16.3. The molecule has 90 valence electrons. The molecule has 0 saturated carbocycles. The smallest absolute Gasteiger partial charge is 0.136 e. The summed E-state index contributed by atoms with van der Waals surface area (Å²) in [5.74, 6) is 0. The minimum absolute atomic E-state index is 0.926. The van der Waals surface area contributed by atoms with Crippen LogP contribution in [-0.2, 0) is 0 Å². The molecule has 0 atom stereocenters. The lowest BCUT2D eigenvalue weighted by Crippen LogP contribution is -1.79. The van der Waals surface area contributed by atoms with Crippen molar-refractivity contribution in [2.75, 3.05) is 0 Å². The number of nitrogens with zero attached hydrogens (tertiary/aromatic N) is 1. The Bertz CT molecular complexity index is 862. The van der Waals surface area contributed by atoms with Gasteiger partial charge in [-0.15, -0.1) is 0 Å². The lowest BCUT2D eigenvalue weighted by Gasteiger charge is -2.02. The minimum atomic E-state index is 0.926. The number of hydrogen-bond acceptors (Lipinski definition) is 2. The molecule has 0 unspecified atom stereocenters. The van der Waals surface area contributed by atoms with E-state index in [-0.39, 0.29) is 0 Å². The van der Waals surface area contributed by atoms with Crippen LogP contribution in [0.2, 0.25) is 0 Å². The van der Waals surface area contributed by atoms with E-state index in [2.05, 4.69) is 17.1 Å². The summed E-state index contributed by atoms with van der Waals surface area (Å²) in [7, 11) is 0. The Kier molecular flexibility index (Phi) is 2.15. The second kappa shape index (κ2) is 3.95. The second-order valence-electron chi connectivity index (χ2n) is 4.51. The standard InChI is InChI=1S/C17H11NO/c1-2-6-15-14(4-1)17-13(5-3-7-16(17)19-15)12-8-10-18-11-9-12/h1-11H. The Morgan fingerprint density at radius 2 is 1.53 bits per heavy atom. The van der Waals surface area contributed by atoms with E-state index in [4.69, 9.17) is 4.42 Å². The van der Waals surface area contributed by atoms with E-state index in [1.54, 1.807) is 0 Å². The maximum Gasteiger partial charge on any atom is 0.136 e. The van der Waals surface area contributed by atoms with Gasteiger partial charge in [0.1, 0.15) is 11.2 Å². The number of pyridine rings is 1. The maximum absolute atomic E-state index is 5.90. The van der Waals surface area contributed by atoms with Crippen LogP contribution < -0.4 is 0 Å². The summed E-state index contributed by atoms with van der Waals surface area (Å²) < 4.78 is 5.90. The largest absolute Gasteiger partial charge is 0.456 e. The molecule has 2 heteroatoms. The first-order chi connectivity index (χ1) is 9.43. The van der Waals surface area contributed by atoms with Gasteiger partial charge in [0.2, 0.25) is 0 Å². The van der Waals surface area contributed by atoms with E-state index in [1.807, 2.05) is 54.9 Å². The predicted octanol–water partition coefficient (Wildman–Crippen LogP) is 4.65. The number of hydrogen-bond donors (Lipinski definition) is 0. The molecule has 0 amide bonds. The first-order valence-electron chi connectivity index (χ1n) is 6.24. The van der Waals surface area contributed by atoms with Crippen LogP contribution in [-0.4, -0.2) is 4.98 Å². The van der Waals surface area contributed by atoms with Gasteiger partial charge < -0.3 is 4.42 Å². The molecule has 2 nitrogen and oxygen atoms in total. The van der Waals surface area contributed by atoms with Crippen LogP contribution in [0.3, 0.4) is 0 Å². The number of para-hydroxylation sites is 1. The number of benzene rings is 2. The molecule has 2 aromatic carbocycles. The summed E-state index contributed by atoms with van der Waals surface area (Å²) in [4.78, 5) is 4.08. The van der Waals surface area contributed by atoms with Crippen molar-refractivity contribution >= 4 is 21.9 Å². The fourth-order valence-corrected chi connectivity index (χ4v) is 2.55. The molecule has 19 heavy (non-hydrogen) atoms. The topological polar surface area (TPSA) is 26.0 Å². The summed E-state index contributed by atoms with van der Waals surface area (Å²) in [6.45, 7) is 0. The predicted molar refractivity (Wildman–Crippen MR) is 77.0 cm³/mol. The zero-order valence-electron chi connectivity index (χ0n) is 10.2. The van der Waals surface area contributed by atoms with Crippen molar-refractivity contribution in [1.29, 1.82) is 0 Å². The SMILES string of the molecule is c1ccc2c(c1)oc1cccc(-c3ccncc3)c12. The normalized spacial score (nSPS) is 11.2. The summed E-state index contributed by atoms with van der Waals surface area (Å²) in [5, 5.41) is 2.33. The minimum Gasteiger partial charge on any atom is -0.456 e. The lowest BCUT2D eigenvalue weighted by molar-refractivity contribution is 0.669. The van der Waals surface area contributed by atoms with Crippen LogP contribution in [0.25, 0.3) is 33.1 Å². The molecule has 0 bridgehead atoms. The Morgan fingerprint density at radius 3 is 2.42 bits per heavy atom. The van der Waals surface area contributed by atoms with Gasteiger partial charge in [0.15, 0.2) is 0 Å². The molecule has 0 saturated heterocycles. The maximum atomic E-state index is 5.90. The van der Waals surface area contributed by atoms with Crippen molar-refractivity contribution in [3.63, 3.8) is 0 Å². The third kappa shape index (κ3) is 1.54. The average Bonchev–Trinajstić information content (AvgIpc) is 2.86. The molecule has 2 aromatic heterocycles. The van der Waals surface area contributed by atoms with Gasteiger partial charge in [0.05, 0.1) is 0 Å². The van der Waals surface area contributed by atoms with Crippen molar-refractivity contribution in [3.05, 3.63) is 67.0 Å². The molecule has 0 aliphatic heterocycles. The third-order valence-electron chi connectivity index (χ3n) is 3.39. The van der Waals surface area contributed by atoms with Gasteiger partial charge in [-0.2, -0.15) is 0 Å². The van der Waals surface area contributed by atoms with E-state index in [1.165, 1.54) is 10.9 Å². The summed E-state index contributed by atoms with van der Waals surface area (Å²) in [5.41, 5.74) is 4.20. The Balaban J connectivity index is 2.17. The Morgan fingerprint density at radius 1 is 0.737 bits per heavy atom. The van der Waals surface area contributed by atoms with Gasteiger partial charge in [-0.1, -0.05) is 30.3 Å². The monoisotopic (exact) mass is 245 g/mol. The first-order valence-corrected chi connectivity index (χ1v) is 6.24. The van der Waals surface area contributed by atoms with E-state index < -0.39 is 0 Å². The lowest BCUT2D eigenvalue weighted by atomic mass is 10.0. The molecule has 4 aromatic rings. The molecule has 0 fully saturated rings. The van der Waals surface area contributed by atoms with Gasteiger partial charge in [0, 0.05) is 23.2 Å². The highest BCUT2D eigenvalue weighted by Crippen LogP contribution is 2.35. The second-order valence-corrected chi connectivity index (χ2v) is 4.51. The quantitative estimate of drug-likeness (QED) is 0.488. The van der Waals surface area contributed by atoms with Crippen molar-refractivity contribution in [2.24, 2.45) is 0 Å². The number of rotatable bonds is 1. The Hall–Kier alpha value is -2.61. The zero-order valence-corrected chi connectivity index (χ0v) is 10.2. The summed E-state index contributed by atoms with van der Waals surface area (Å²) in [6.07, 6.45) is 3.63. The van der Waals surface area contributed by atoms with Gasteiger partial charge in [-0.25, -0.2) is 0 Å². The van der Waals surface area contributed by atoms with Gasteiger partial charge in [-0.3, -0.25) is 4.98 Å². The van der Waals surface area contributed by atoms with Gasteiger partial charge in [-0.05, 0) is 35.4 Å². The van der Waals surface area contributed by atoms with Crippen molar-refractivity contribution in [1.82, 2.24) is 4.98 Å². The molecule has 0 radical (unpaired) electrons. The molecule has 0 spiro atoms. The molecule has 4 rings (SSSR count). The number of furan rings is 1. The van der Waals surface area contributed by atoms with Crippen LogP contribution in [0.15, 0.2) is 71.4 Å². The third-order valence-corrected chi connectivity index (χ3v) is 3.39. The van der Waals surface area contributed by atoms with Crippen molar-refractivity contribution in [3.8, 4) is 11.1 Å². The van der Waals surface area contributed by atoms with Crippen LogP contribution in [0.5, 0.6) is 0 Å². The molecular weight excluding hydrogens is 234 g/mol. The highest BCUT2D eigenvalue weighted by Gasteiger charge is 2.11. The highest BCUT2D eigenvalue weighted by molar-refractivity contribution is 6.12. The van der Waals surface area contributed by atoms with Crippen LogP contribution >= 0.6 is 0 Å². The molecule has 2 heterocycles. The molecule has 0 aliphatic carbocycles. The van der Waals surface area contributed by atoms with E-state index in [0.717, 1.165) is 22.1 Å². The fourth-order valence-electron chi connectivity index (χ4n) is 2.55. The Labute approximate surface area is 110 Å². The van der Waals surface area contributed by atoms with Crippen LogP contribution in [0, 0.1) is 0 Å². The number of fused-ring (bicyclic) bond motifs is 3. The van der Waals surface area contributed by atoms with Crippen molar-refractivity contribution in [2.45, 2.75) is 0 Å². The first kappa shape index (κ1) is 10.3. The fraction of sp³-hybridized carbons (Fsp3) is 0. The summed E-state index contributed by atoms with van der Waals surface area (Å²) >= 11 is 0. The average molecular weight is 245 g/mol. The van der Waals surface area contributed by atoms with E-state index in [0.29, 0.717) is 0 Å². The molecular formula is C17H11NO. The summed E-state index contributed by atoms with van der Waals surface area (Å²) in [6, 6.07) is 18.4. The number of aromatic nitrogens is 1. The van der Waals surface area contributed by atoms with Crippen molar-refractivity contribution < 1.29 is 4.42 Å².